The number of hydrogen-bond donors (Lipinski definition) is 1. The van der Waals surface area contributed by atoms with E-state index in [4.69, 9.17) is 9.26 Å². The van der Waals surface area contributed by atoms with Crippen molar-refractivity contribution in [2.24, 2.45) is 0 Å². The highest BCUT2D eigenvalue weighted by Gasteiger charge is 2.06. The molecule has 19 heavy (non-hydrogen) atoms. The number of aryl methyl sites for hydroxylation is 1. The summed E-state index contributed by atoms with van der Waals surface area (Å²) in [7, 11) is 0. The van der Waals surface area contributed by atoms with Gasteiger partial charge in [-0.1, -0.05) is 30.3 Å². The molecule has 1 N–H and O–H groups in total. The summed E-state index contributed by atoms with van der Waals surface area (Å²) in [4.78, 5) is 4.11. The summed E-state index contributed by atoms with van der Waals surface area (Å²) in [6.07, 6.45) is 1.12. The van der Waals surface area contributed by atoms with E-state index in [0.29, 0.717) is 18.3 Å². The molecule has 0 atom stereocenters. The van der Waals surface area contributed by atoms with Gasteiger partial charge in [-0.25, -0.2) is 0 Å². The van der Waals surface area contributed by atoms with Gasteiger partial charge in [0.25, 0.3) is 5.89 Å². The molecule has 1 aromatic carbocycles. The van der Waals surface area contributed by atoms with E-state index in [1.807, 2.05) is 18.2 Å². The average Bonchev–Trinajstić information content (AvgIpc) is 2.84. The normalized spacial score (nSPS) is 10.6. The Labute approximate surface area is 113 Å². The molecular weight excluding hydrogens is 242 g/mol. The van der Waals surface area contributed by atoms with Gasteiger partial charge < -0.3 is 14.6 Å². The highest BCUT2D eigenvalue weighted by atomic mass is 16.5. The van der Waals surface area contributed by atoms with E-state index in [0.717, 1.165) is 30.8 Å². The van der Waals surface area contributed by atoms with Crippen molar-refractivity contribution in [2.45, 2.75) is 33.4 Å². The third kappa shape index (κ3) is 4.06. The number of ether oxygens (including phenoxy) is 1. The molecule has 1 aromatic heterocycles. The van der Waals surface area contributed by atoms with Gasteiger partial charge >= 0.3 is 0 Å². The maximum atomic E-state index is 5.73. The molecule has 0 spiro atoms. The molecule has 0 aliphatic carbocycles. The van der Waals surface area contributed by atoms with E-state index in [-0.39, 0.29) is 0 Å². The number of hydrogen-bond acceptors (Lipinski definition) is 5. The monoisotopic (exact) mass is 261 g/mol. The van der Waals surface area contributed by atoms with Crippen LogP contribution in [-0.2, 0) is 13.2 Å². The molecule has 0 bridgehead atoms. The predicted molar refractivity (Wildman–Crippen MR) is 71.8 cm³/mol. The first-order valence-corrected chi connectivity index (χ1v) is 6.50. The first kappa shape index (κ1) is 13.5. The van der Waals surface area contributed by atoms with Crippen LogP contribution in [0.1, 0.15) is 30.6 Å². The minimum atomic E-state index is 0.297. The van der Waals surface area contributed by atoms with Crippen molar-refractivity contribution in [1.82, 2.24) is 15.5 Å². The third-order valence-electron chi connectivity index (χ3n) is 2.64. The summed E-state index contributed by atoms with van der Waals surface area (Å²) in [5.74, 6) is 1.97. The zero-order valence-corrected chi connectivity index (χ0v) is 11.3. The molecule has 2 aromatic rings. The molecule has 0 unspecified atom stereocenters. The molecule has 0 radical (unpaired) electrons. The smallest absolute Gasteiger partial charge is 0.264 e. The molecule has 0 saturated carbocycles. The number of nitrogens with one attached hydrogen (secondary N) is 1. The zero-order chi connectivity index (χ0) is 13.5. The van der Waals surface area contributed by atoms with Gasteiger partial charge in [0.05, 0.1) is 0 Å². The SMILES string of the molecule is CCCNCc1ccccc1OCc1nc(C)no1. The lowest BCUT2D eigenvalue weighted by atomic mass is 10.2. The first-order valence-electron chi connectivity index (χ1n) is 6.50. The Kier molecular flexibility index (Phi) is 4.92. The molecule has 5 nitrogen and oxygen atoms in total. The lowest BCUT2D eigenvalue weighted by Crippen LogP contribution is -2.14. The van der Waals surface area contributed by atoms with Crippen molar-refractivity contribution >= 4 is 0 Å². The fourth-order valence-corrected chi connectivity index (χ4v) is 1.73. The van der Waals surface area contributed by atoms with Gasteiger partial charge in [0, 0.05) is 12.1 Å². The molecule has 0 fully saturated rings. The van der Waals surface area contributed by atoms with Crippen LogP contribution in [0.3, 0.4) is 0 Å². The van der Waals surface area contributed by atoms with Gasteiger partial charge in [-0.2, -0.15) is 4.98 Å². The Hall–Kier alpha value is -1.88. The molecule has 0 amide bonds. The molecule has 5 heteroatoms. The van der Waals surface area contributed by atoms with E-state index in [1.165, 1.54) is 0 Å². The molecule has 102 valence electrons. The van der Waals surface area contributed by atoms with Gasteiger partial charge in [0.1, 0.15) is 5.75 Å². The molecule has 1 heterocycles. The van der Waals surface area contributed by atoms with E-state index >= 15 is 0 Å². The second kappa shape index (κ2) is 6.89. The fourth-order valence-electron chi connectivity index (χ4n) is 1.73. The van der Waals surface area contributed by atoms with Crippen molar-refractivity contribution in [3.05, 3.63) is 41.5 Å². The van der Waals surface area contributed by atoms with Crippen molar-refractivity contribution in [3.8, 4) is 5.75 Å². The lowest BCUT2D eigenvalue weighted by Gasteiger charge is -2.10. The predicted octanol–water partition coefficient (Wildman–Crippen LogP) is 2.46. The number of rotatable bonds is 7. The summed E-state index contributed by atoms with van der Waals surface area (Å²) in [5, 5.41) is 7.10. The number of para-hydroxylation sites is 1. The summed E-state index contributed by atoms with van der Waals surface area (Å²) >= 11 is 0. The Morgan fingerprint density at radius 2 is 2.16 bits per heavy atom. The highest BCUT2D eigenvalue weighted by molar-refractivity contribution is 5.33. The summed E-state index contributed by atoms with van der Waals surface area (Å²) < 4.78 is 10.8. The topological polar surface area (TPSA) is 60.2 Å². The van der Waals surface area contributed by atoms with Gasteiger partial charge in [-0.05, 0) is 26.0 Å². The van der Waals surface area contributed by atoms with Crippen LogP contribution in [-0.4, -0.2) is 16.7 Å². The molecular formula is C14H19N3O2. The minimum absolute atomic E-state index is 0.297. The first-order chi connectivity index (χ1) is 9.29. The number of benzene rings is 1. The minimum Gasteiger partial charge on any atom is -0.483 e. The van der Waals surface area contributed by atoms with Gasteiger partial charge in [-0.15, -0.1) is 0 Å². The highest BCUT2D eigenvalue weighted by Crippen LogP contribution is 2.18. The van der Waals surface area contributed by atoms with Crippen molar-refractivity contribution in [3.63, 3.8) is 0 Å². The van der Waals surface area contributed by atoms with Crippen LogP contribution >= 0.6 is 0 Å². The number of aromatic nitrogens is 2. The maximum absolute atomic E-state index is 5.73. The van der Waals surface area contributed by atoms with Gasteiger partial charge in [-0.3, -0.25) is 0 Å². The van der Waals surface area contributed by atoms with E-state index in [1.54, 1.807) is 6.92 Å². The average molecular weight is 261 g/mol. The van der Waals surface area contributed by atoms with Gasteiger partial charge in [0.15, 0.2) is 12.4 Å². The van der Waals surface area contributed by atoms with Crippen LogP contribution < -0.4 is 10.1 Å². The Balaban J connectivity index is 1.95. The molecule has 0 aliphatic rings. The lowest BCUT2D eigenvalue weighted by molar-refractivity contribution is 0.240. The van der Waals surface area contributed by atoms with E-state index in [9.17, 15) is 0 Å². The third-order valence-corrected chi connectivity index (χ3v) is 2.64. The van der Waals surface area contributed by atoms with Gasteiger partial charge in [0.2, 0.25) is 0 Å². The Morgan fingerprint density at radius 3 is 2.89 bits per heavy atom. The molecule has 0 aliphatic heterocycles. The second-order valence-electron chi connectivity index (χ2n) is 4.31. The molecule has 0 saturated heterocycles. The van der Waals surface area contributed by atoms with Crippen LogP contribution in [0.2, 0.25) is 0 Å². The fraction of sp³-hybridized carbons (Fsp3) is 0.429. The van der Waals surface area contributed by atoms with E-state index < -0.39 is 0 Å². The van der Waals surface area contributed by atoms with Crippen LogP contribution in [0.5, 0.6) is 5.75 Å². The maximum Gasteiger partial charge on any atom is 0.264 e. The standard InChI is InChI=1S/C14H19N3O2/c1-3-8-15-9-12-6-4-5-7-13(12)18-10-14-16-11(2)17-19-14/h4-7,15H,3,8-10H2,1-2H3. The quantitative estimate of drug-likeness (QED) is 0.776. The van der Waals surface area contributed by atoms with Crippen LogP contribution in [0.4, 0.5) is 0 Å². The number of nitrogens with zero attached hydrogens (tertiary/aromatic N) is 2. The van der Waals surface area contributed by atoms with Crippen LogP contribution in [0.15, 0.2) is 28.8 Å². The van der Waals surface area contributed by atoms with Crippen molar-refractivity contribution in [2.75, 3.05) is 6.54 Å². The largest absolute Gasteiger partial charge is 0.483 e. The summed E-state index contributed by atoms with van der Waals surface area (Å²) in [5.41, 5.74) is 1.13. The van der Waals surface area contributed by atoms with Crippen LogP contribution in [0.25, 0.3) is 0 Å². The van der Waals surface area contributed by atoms with Crippen LogP contribution in [0, 0.1) is 6.92 Å². The zero-order valence-electron chi connectivity index (χ0n) is 11.3. The summed E-state index contributed by atoms with van der Waals surface area (Å²) in [6, 6.07) is 7.97. The van der Waals surface area contributed by atoms with Crippen molar-refractivity contribution < 1.29 is 9.26 Å². The Bertz CT molecular complexity index is 511. The second-order valence-corrected chi connectivity index (χ2v) is 4.31. The summed E-state index contributed by atoms with van der Waals surface area (Å²) in [6.45, 7) is 6.03. The van der Waals surface area contributed by atoms with E-state index in [2.05, 4.69) is 28.4 Å². The molecule has 2 rings (SSSR count). The van der Waals surface area contributed by atoms with Crippen molar-refractivity contribution in [1.29, 1.82) is 0 Å². The Morgan fingerprint density at radius 1 is 1.32 bits per heavy atom.